The predicted molar refractivity (Wildman–Crippen MR) is 343 cm³/mol. The molecule has 0 fully saturated rings. The molecule has 0 aromatic heterocycles. The quantitative estimate of drug-likeness (QED) is 0.0358. The predicted octanol–water partition coefficient (Wildman–Crippen LogP) is 26.7. The van der Waals surface area contributed by atoms with Gasteiger partial charge < -0.3 is 5.53 Å². The Kier molecular flexibility index (Phi) is 49.3. The molecule has 77 heavy (non-hydrogen) atoms. The number of nitrogens with zero attached hydrogens (tertiary/aromatic N) is 2. The van der Waals surface area contributed by atoms with E-state index in [1.54, 1.807) is 4.70 Å². The molecular formula is C74H130N2Ni. The second-order valence-corrected chi connectivity index (χ2v) is 25.5. The minimum absolute atomic E-state index is 1.04. The van der Waals surface area contributed by atoms with Crippen LogP contribution in [0.4, 0.5) is 0 Å². The van der Waals surface area contributed by atoms with Crippen LogP contribution >= 0.6 is 0 Å². The van der Waals surface area contributed by atoms with Crippen LogP contribution in [-0.2, 0) is 27.3 Å². The molecule has 0 aliphatic carbocycles. The zero-order chi connectivity index (χ0) is 55.3. The van der Waals surface area contributed by atoms with Crippen LogP contribution in [0.25, 0.3) is 16.9 Å². The fourth-order valence-electron chi connectivity index (χ4n) is 11.6. The van der Waals surface area contributed by atoms with Crippen LogP contribution < -0.4 is 0 Å². The Balaban J connectivity index is 0.000000552. The first-order chi connectivity index (χ1) is 38.1. The topological polar surface area (TPSA) is 25.3 Å². The minimum atomic E-state index is 1.04. The van der Waals surface area contributed by atoms with Crippen molar-refractivity contribution < 1.29 is 19.1 Å². The van der Waals surface area contributed by atoms with Crippen molar-refractivity contribution in [2.45, 2.75) is 373 Å². The van der Waals surface area contributed by atoms with Crippen LogP contribution in [0.5, 0.6) is 0 Å². The Hall–Kier alpha value is -1.99. The van der Waals surface area contributed by atoms with Gasteiger partial charge in [0.1, 0.15) is 0 Å². The van der Waals surface area contributed by atoms with Crippen LogP contribution in [0.1, 0.15) is 372 Å². The summed E-state index contributed by atoms with van der Waals surface area (Å²) >= 11 is 2.04. The number of aryl methyl sites for hydroxylation is 2. The average Bonchev–Trinajstić information content (AvgIpc) is 3.74. The van der Waals surface area contributed by atoms with E-state index in [-0.39, 0.29) is 0 Å². The summed E-state index contributed by atoms with van der Waals surface area (Å²) in [5.74, 6) is 0. The van der Waals surface area contributed by atoms with Gasteiger partial charge in [-0.05, 0) is 86.8 Å². The molecule has 3 rings (SSSR count). The molecule has 0 saturated carbocycles. The number of hydrogen-bond acceptors (Lipinski definition) is 0. The Morgan fingerprint density at radius 3 is 0.844 bits per heavy atom. The smallest absolute Gasteiger partial charge is 0.0654 e. The van der Waals surface area contributed by atoms with E-state index >= 15 is 0 Å². The van der Waals surface area contributed by atoms with Gasteiger partial charge >= 0.3 is 166 Å². The molecule has 0 unspecified atom stereocenters. The van der Waals surface area contributed by atoms with Gasteiger partial charge in [-0.25, -0.2) is 4.70 Å². The van der Waals surface area contributed by atoms with Gasteiger partial charge in [-0.1, -0.05) is 194 Å². The first kappa shape index (κ1) is 71.1. The zero-order valence-corrected chi connectivity index (χ0v) is 53.6. The Morgan fingerprint density at radius 1 is 0.286 bits per heavy atom. The average molecular weight is 1110 g/mol. The minimum Gasteiger partial charge on any atom is -0.0654 e. The van der Waals surface area contributed by atoms with Crippen molar-refractivity contribution >= 4 is 11.4 Å². The van der Waals surface area contributed by atoms with Crippen LogP contribution in [-0.4, -0.2) is 4.70 Å². The van der Waals surface area contributed by atoms with Crippen molar-refractivity contribution in [3.63, 3.8) is 0 Å². The molecule has 1 aliphatic heterocycles. The van der Waals surface area contributed by atoms with E-state index in [9.17, 15) is 5.53 Å². The second-order valence-electron chi connectivity index (χ2n) is 24.0. The van der Waals surface area contributed by atoms with Gasteiger partial charge in [0.05, 0.1) is 0 Å². The summed E-state index contributed by atoms with van der Waals surface area (Å²) in [5, 5.41) is 2.87. The van der Waals surface area contributed by atoms with Gasteiger partial charge in [0.25, 0.3) is 0 Å². The summed E-state index contributed by atoms with van der Waals surface area (Å²) in [6.07, 6.45) is 68.5. The molecule has 0 N–H and O–H groups in total. The zero-order valence-electron chi connectivity index (χ0n) is 52.6. The molecule has 2 aromatic carbocycles. The molecule has 0 atom stereocenters. The summed E-state index contributed by atoms with van der Waals surface area (Å²) in [6.45, 7) is 13.7. The van der Waals surface area contributed by atoms with E-state index in [0.717, 1.165) is 37.1 Å². The summed E-state index contributed by atoms with van der Waals surface area (Å²) in [7, 11) is 0. The van der Waals surface area contributed by atoms with Crippen molar-refractivity contribution in [1.82, 2.24) is 0 Å². The Morgan fingerprint density at radius 2 is 0.532 bits per heavy atom. The van der Waals surface area contributed by atoms with Crippen molar-refractivity contribution in [2.24, 2.45) is 0 Å². The molecule has 1 heterocycles. The van der Waals surface area contributed by atoms with Gasteiger partial charge in [0, 0.05) is 22.3 Å². The van der Waals surface area contributed by atoms with Crippen molar-refractivity contribution in [2.75, 3.05) is 0 Å². The monoisotopic (exact) mass is 1100 g/mol. The van der Waals surface area contributed by atoms with E-state index in [0.29, 0.717) is 0 Å². The molecule has 0 bridgehead atoms. The first-order valence-corrected chi connectivity index (χ1v) is 36.0. The SMILES string of the molecule is CCCCCCCCC1=C(c2cccc(CCCC)c2)[N+](=[N-])C(c2cccc(CCCCCCCC)c2)=C1CCCCCC.CCCCCCCCCCCCCCC[CH2][Ni][CH2]CCCCCCCCCCCCCCC. The molecule has 2 aromatic rings. The normalized spacial score (nSPS) is 12.7. The third-order valence-corrected chi connectivity index (χ3v) is 18.0. The molecule has 0 amide bonds. The van der Waals surface area contributed by atoms with Gasteiger partial charge in [0.2, 0.25) is 11.4 Å². The van der Waals surface area contributed by atoms with Crippen LogP contribution in [0, 0.1) is 0 Å². The maximum absolute atomic E-state index is 12.1. The van der Waals surface area contributed by atoms with Crippen LogP contribution in [0.2, 0.25) is 10.8 Å². The molecule has 1 aliphatic rings. The standard InChI is InChI=1S/C42H64N2.2C16H33.Ni/c1-5-9-13-16-18-20-26-36-28-24-30-38(34-36)42-39(31-21-15-11-7-3)40(32-22-19-17-14-10-6-2)41(44(42)43)37-29-23-27-35(33-37)25-12-8-4;2*1-3-5-7-9-11-13-15-16-14-12-10-8-6-4-2;/h23-24,27-30,33-34H,5-22,25-26,31-32H2,1-4H3;2*1,3-16H2,2H3;. The van der Waals surface area contributed by atoms with Gasteiger partial charge in [-0.3, -0.25) is 0 Å². The molecule has 0 spiro atoms. The fourth-order valence-corrected chi connectivity index (χ4v) is 12.9. The van der Waals surface area contributed by atoms with E-state index in [1.165, 1.54) is 340 Å². The van der Waals surface area contributed by atoms with Crippen molar-refractivity contribution in [1.29, 1.82) is 0 Å². The number of allylic oxidation sites excluding steroid dienone is 2. The van der Waals surface area contributed by atoms with Gasteiger partial charge in [-0.15, -0.1) is 0 Å². The van der Waals surface area contributed by atoms with Gasteiger partial charge in [0.15, 0.2) is 0 Å². The second kappa shape index (κ2) is 53.3. The van der Waals surface area contributed by atoms with E-state index in [4.69, 9.17) is 0 Å². The van der Waals surface area contributed by atoms with Crippen molar-refractivity contribution in [3.8, 4) is 0 Å². The summed E-state index contributed by atoms with van der Waals surface area (Å²) in [6, 6.07) is 18.1. The summed E-state index contributed by atoms with van der Waals surface area (Å²) in [4.78, 5) is 0. The molecule has 3 heteroatoms. The molecule has 0 radical (unpaired) electrons. The van der Waals surface area contributed by atoms with E-state index in [1.807, 2.05) is 14.4 Å². The molecule has 2 nitrogen and oxygen atoms in total. The first-order valence-electron chi connectivity index (χ1n) is 34.6. The number of unbranched alkanes of at least 4 members (excludes halogenated alkanes) is 40. The number of hydrogen-bond donors (Lipinski definition) is 0. The van der Waals surface area contributed by atoms with E-state index < -0.39 is 0 Å². The molecular weight excluding hydrogens is 976 g/mol. The number of benzene rings is 2. The van der Waals surface area contributed by atoms with Crippen molar-refractivity contribution in [3.05, 3.63) is 87.5 Å². The summed E-state index contributed by atoms with van der Waals surface area (Å²) < 4.78 is 1.60. The van der Waals surface area contributed by atoms with Crippen LogP contribution in [0.15, 0.2) is 59.7 Å². The summed E-state index contributed by atoms with van der Waals surface area (Å²) in [5.41, 5.74) is 22.1. The third kappa shape index (κ3) is 36.9. The Bertz CT molecular complexity index is 1670. The van der Waals surface area contributed by atoms with Crippen LogP contribution in [0.3, 0.4) is 0 Å². The fraction of sp³-hybridized carbons (Fsp3) is 0.784. The molecule has 0 saturated heterocycles. The third-order valence-electron chi connectivity index (χ3n) is 16.6. The molecule has 446 valence electrons. The number of rotatable bonds is 54. The van der Waals surface area contributed by atoms with Gasteiger partial charge in [-0.2, -0.15) is 0 Å². The van der Waals surface area contributed by atoms with E-state index in [2.05, 4.69) is 90.1 Å². The Labute approximate surface area is 488 Å². The maximum atomic E-state index is 12.1.